The second-order valence-electron chi connectivity index (χ2n) is 5.76. The number of aromatic nitrogens is 3. The van der Waals surface area contributed by atoms with Gasteiger partial charge in [-0.2, -0.15) is 18.3 Å². The zero-order valence-electron chi connectivity index (χ0n) is 14.0. The molecule has 1 aromatic carbocycles. The molecule has 0 saturated heterocycles. The van der Waals surface area contributed by atoms with Crippen LogP contribution in [0.15, 0.2) is 41.1 Å². The van der Waals surface area contributed by atoms with Crippen LogP contribution in [0.25, 0.3) is 16.9 Å². The van der Waals surface area contributed by atoms with Crippen molar-refractivity contribution in [3.8, 4) is 16.9 Å². The van der Waals surface area contributed by atoms with Gasteiger partial charge in [0.15, 0.2) is 0 Å². The predicted octanol–water partition coefficient (Wildman–Crippen LogP) is 4.74. The SMILES string of the molecule is Cn1c(C(=O)C(F)(F)F)cc(Br)c1-n1cc(-c2ccc(Cl)c(C(=O)O)c2)cn1. The van der Waals surface area contributed by atoms with Crippen molar-refractivity contribution >= 4 is 39.3 Å². The summed E-state index contributed by atoms with van der Waals surface area (Å²) in [6.45, 7) is 0. The number of nitrogens with zero attached hydrogens (tertiary/aromatic N) is 3. The molecule has 0 aliphatic heterocycles. The molecule has 0 unspecified atom stereocenters. The number of carboxylic acid groups (broad SMARTS) is 1. The van der Waals surface area contributed by atoms with Crippen molar-refractivity contribution in [2.24, 2.45) is 7.05 Å². The lowest BCUT2D eigenvalue weighted by molar-refractivity contribution is -0.0890. The van der Waals surface area contributed by atoms with Gasteiger partial charge in [0.1, 0.15) is 5.82 Å². The molecule has 0 saturated carbocycles. The Bertz CT molecular complexity index is 1100. The number of carbonyl (C=O) groups is 2. The van der Waals surface area contributed by atoms with Gasteiger partial charge in [-0.15, -0.1) is 0 Å². The molecule has 11 heteroatoms. The van der Waals surface area contributed by atoms with Crippen molar-refractivity contribution in [1.82, 2.24) is 14.3 Å². The van der Waals surface area contributed by atoms with Crippen molar-refractivity contribution in [3.63, 3.8) is 0 Å². The van der Waals surface area contributed by atoms with Crippen LogP contribution in [-0.4, -0.2) is 37.4 Å². The van der Waals surface area contributed by atoms with E-state index in [-0.39, 0.29) is 20.9 Å². The highest BCUT2D eigenvalue weighted by molar-refractivity contribution is 9.10. The minimum atomic E-state index is -5.01. The fourth-order valence-corrected chi connectivity index (χ4v) is 3.50. The summed E-state index contributed by atoms with van der Waals surface area (Å²) in [6.07, 6.45) is -2.09. The molecule has 3 rings (SSSR count). The number of aromatic carboxylic acids is 1. The number of benzene rings is 1. The van der Waals surface area contributed by atoms with Crippen molar-refractivity contribution in [2.45, 2.75) is 6.18 Å². The number of Topliss-reactive ketones (excluding diaryl/α,β-unsaturated/α-hetero) is 1. The summed E-state index contributed by atoms with van der Waals surface area (Å²) in [6, 6.07) is 5.45. The summed E-state index contributed by atoms with van der Waals surface area (Å²) in [5.74, 6) is -2.97. The first-order valence-corrected chi connectivity index (χ1v) is 8.72. The number of alkyl halides is 3. The van der Waals surface area contributed by atoms with Crippen LogP contribution < -0.4 is 0 Å². The fraction of sp³-hybridized carbons (Fsp3) is 0.118. The van der Waals surface area contributed by atoms with Gasteiger partial charge in [0.2, 0.25) is 0 Å². The largest absolute Gasteiger partial charge is 0.478 e. The molecule has 0 amide bonds. The van der Waals surface area contributed by atoms with Gasteiger partial charge in [-0.3, -0.25) is 4.79 Å². The maximum Gasteiger partial charge on any atom is 0.456 e. The van der Waals surface area contributed by atoms with Gasteiger partial charge < -0.3 is 9.67 Å². The number of carboxylic acids is 1. The van der Waals surface area contributed by atoms with Crippen molar-refractivity contribution < 1.29 is 27.9 Å². The minimum absolute atomic E-state index is 0.0733. The Hall–Kier alpha value is -2.59. The van der Waals surface area contributed by atoms with Crippen molar-refractivity contribution in [3.05, 3.63) is 57.4 Å². The van der Waals surface area contributed by atoms with Gasteiger partial charge in [0.05, 0.1) is 26.9 Å². The molecule has 0 fully saturated rings. The van der Waals surface area contributed by atoms with Crippen LogP contribution in [0.2, 0.25) is 5.02 Å². The topological polar surface area (TPSA) is 77.1 Å². The van der Waals surface area contributed by atoms with E-state index in [4.69, 9.17) is 11.6 Å². The lowest BCUT2D eigenvalue weighted by Gasteiger charge is -2.09. The molecule has 28 heavy (non-hydrogen) atoms. The van der Waals surface area contributed by atoms with Crippen molar-refractivity contribution in [2.75, 3.05) is 0 Å². The molecule has 0 spiro atoms. The second kappa shape index (κ2) is 7.10. The van der Waals surface area contributed by atoms with Crippen LogP contribution in [0.4, 0.5) is 13.2 Å². The van der Waals surface area contributed by atoms with Crippen LogP contribution in [0, 0.1) is 0 Å². The Morgan fingerprint density at radius 3 is 2.50 bits per heavy atom. The molecule has 0 bridgehead atoms. The zero-order valence-corrected chi connectivity index (χ0v) is 16.3. The molecule has 0 radical (unpaired) electrons. The Kier molecular flexibility index (Phi) is 5.11. The summed E-state index contributed by atoms with van der Waals surface area (Å²) in [5, 5.41) is 13.4. The molecule has 2 aromatic heterocycles. The zero-order chi connectivity index (χ0) is 20.8. The minimum Gasteiger partial charge on any atom is -0.478 e. The van der Waals surface area contributed by atoms with E-state index in [0.717, 1.165) is 10.6 Å². The number of ketones is 1. The molecule has 1 N–H and O–H groups in total. The highest BCUT2D eigenvalue weighted by Gasteiger charge is 2.41. The van der Waals surface area contributed by atoms with Gasteiger partial charge in [-0.1, -0.05) is 17.7 Å². The van der Waals surface area contributed by atoms with Gasteiger partial charge in [0.25, 0.3) is 5.78 Å². The molecule has 0 aliphatic rings. The van der Waals surface area contributed by atoms with Crippen LogP contribution in [0.1, 0.15) is 20.8 Å². The normalized spacial score (nSPS) is 11.6. The van der Waals surface area contributed by atoms with E-state index >= 15 is 0 Å². The molecular formula is C17H10BrClF3N3O3. The van der Waals surface area contributed by atoms with E-state index in [9.17, 15) is 27.9 Å². The van der Waals surface area contributed by atoms with Gasteiger partial charge in [-0.05, 0) is 39.7 Å². The third kappa shape index (κ3) is 3.57. The summed E-state index contributed by atoms with van der Waals surface area (Å²) < 4.78 is 40.9. The van der Waals surface area contributed by atoms with E-state index in [1.54, 1.807) is 6.07 Å². The number of rotatable bonds is 4. The van der Waals surface area contributed by atoms with Gasteiger partial charge in [0, 0.05) is 18.8 Å². The van der Waals surface area contributed by atoms with Gasteiger partial charge in [-0.25, -0.2) is 9.48 Å². The van der Waals surface area contributed by atoms with Gasteiger partial charge >= 0.3 is 12.1 Å². The Balaban J connectivity index is 2.04. The predicted molar refractivity (Wildman–Crippen MR) is 98.0 cm³/mol. The number of hydrogen-bond acceptors (Lipinski definition) is 3. The van der Waals surface area contributed by atoms with E-state index in [1.165, 1.54) is 36.3 Å². The quantitative estimate of drug-likeness (QED) is 0.552. The highest BCUT2D eigenvalue weighted by atomic mass is 79.9. The van der Waals surface area contributed by atoms with E-state index < -0.39 is 23.6 Å². The first-order chi connectivity index (χ1) is 13.0. The standard InChI is InChI=1S/C17H10BrClF3N3O3/c1-24-13(14(26)17(20,21)22)5-11(18)15(24)25-7-9(6-23-25)8-2-3-12(19)10(4-8)16(27)28/h2-7H,1H3,(H,27,28). The molecule has 0 aliphatic carbocycles. The molecular weight excluding hydrogens is 467 g/mol. The maximum atomic E-state index is 12.8. The first kappa shape index (κ1) is 20.2. The lowest BCUT2D eigenvalue weighted by atomic mass is 10.1. The molecule has 146 valence electrons. The van der Waals surface area contributed by atoms with Crippen LogP contribution >= 0.6 is 27.5 Å². The van der Waals surface area contributed by atoms with E-state index in [2.05, 4.69) is 21.0 Å². The number of hydrogen-bond donors (Lipinski definition) is 1. The third-order valence-corrected chi connectivity index (χ3v) is 4.89. The Morgan fingerprint density at radius 1 is 1.21 bits per heavy atom. The molecule has 6 nitrogen and oxygen atoms in total. The van der Waals surface area contributed by atoms with Crippen molar-refractivity contribution in [1.29, 1.82) is 0 Å². The van der Waals surface area contributed by atoms with Crippen LogP contribution in [-0.2, 0) is 7.05 Å². The molecule has 2 heterocycles. The summed E-state index contributed by atoms with van der Waals surface area (Å²) in [5.41, 5.74) is 0.372. The molecule has 0 atom stereocenters. The molecule has 3 aromatic rings. The average Bonchev–Trinajstić information content (AvgIpc) is 3.18. The Labute approximate surface area is 169 Å². The number of halogens is 5. The third-order valence-electron chi connectivity index (χ3n) is 3.98. The number of carbonyl (C=O) groups excluding carboxylic acids is 1. The fourth-order valence-electron chi connectivity index (χ4n) is 2.64. The smallest absolute Gasteiger partial charge is 0.456 e. The lowest BCUT2D eigenvalue weighted by Crippen LogP contribution is -2.25. The highest BCUT2D eigenvalue weighted by Crippen LogP contribution is 2.31. The summed E-state index contributed by atoms with van der Waals surface area (Å²) in [7, 11) is 1.31. The monoisotopic (exact) mass is 475 g/mol. The summed E-state index contributed by atoms with van der Waals surface area (Å²) in [4.78, 5) is 22.8. The van der Waals surface area contributed by atoms with E-state index in [1.807, 2.05) is 0 Å². The second-order valence-corrected chi connectivity index (χ2v) is 7.02. The van der Waals surface area contributed by atoms with Crippen LogP contribution in [0.5, 0.6) is 0 Å². The first-order valence-electron chi connectivity index (χ1n) is 7.55. The summed E-state index contributed by atoms with van der Waals surface area (Å²) >= 11 is 9.00. The average molecular weight is 477 g/mol. The Morgan fingerprint density at radius 2 is 1.89 bits per heavy atom. The maximum absolute atomic E-state index is 12.8. The van der Waals surface area contributed by atoms with Crippen LogP contribution in [0.3, 0.4) is 0 Å². The van der Waals surface area contributed by atoms with E-state index in [0.29, 0.717) is 11.1 Å².